The molecule has 0 rings (SSSR count). The topological polar surface area (TPSA) is 32.3 Å². The second kappa shape index (κ2) is 4.12. The lowest BCUT2D eigenvalue weighted by atomic mass is 9.70. The molecule has 0 aliphatic heterocycles. The quantitative estimate of drug-likeness (QED) is 0.472. The maximum absolute atomic E-state index is 10.8. The highest BCUT2D eigenvalue weighted by Crippen LogP contribution is 2.35. The van der Waals surface area contributed by atoms with Crippen LogP contribution in [0.1, 0.15) is 54.4 Å². The summed E-state index contributed by atoms with van der Waals surface area (Å²) in [5.41, 5.74) is 0.660. The van der Waals surface area contributed by atoms with E-state index in [2.05, 4.69) is 46.7 Å². The molecule has 1 radical (unpaired) electrons. The summed E-state index contributed by atoms with van der Waals surface area (Å²) in [5, 5.41) is 14.1. The largest absolute Gasteiger partial charge is 0.145 e. The maximum Gasteiger partial charge on any atom is 0.0735 e. The van der Waals surface area contributed by atoms with E-state index in [1.807, 2.05) is 0 Å². The lowest BCUT2D eigenvalue weighted by Crippen LogP contribution is -2.36. The summed E-state index contributed by atoms with van der Waals surface area (Å²) in [4.78, 5) is 0. The van der Waals surface area contributed by atoms with Crippen LogP contribution in [0, 0.1) is 10.8 Å². The second-order valence-corrected chi connectivity index (χ2v) is 4.91. The van der Waals surface area contributed by atoms with Crippen LogP contribution in [-0.2, 0) is 5.21 Å². The van der Waals surface area contributed by atoms with Gasteiger partial charge in [-0.2, -0.15) is 0 Å². The Morgan fingerprint density at radius 3 is 1.46 bits per heavy atom. The Morgan fingerprint density at radius 1 is 1.00 bits per heavy atom. The zero-order chi connectivity index (χ0) is 10.7. The van der Waals surface area contributed by atoms with Gasteiger partial charge in [-0.05, 0) is 18.0 Å². The molecular weight excluding hydrogens is 162 g/mol. The van der Waals surface area contributed by atoms with E-state index < -0.39 is 0 Å². The number of hydrogen-bond donors (Lipinski definition) is 0. The normalized spacial score (nSPS) is 12.8. The van der Waals surface area contributed by atoms with Gasteiger partial charge in [0.2, 0.25) is 0 Å². The van der Waals surface area contributed by atoms with Crippen LogP contribution in [0.25, 0.3) is 0 Å². The molecule has 0 aromatic carbocycles. The van der Waals surface area contributed by atoms with E-state index in [-0.39, 0.29) is 10.8 Å². The number of hydrogen-bond acceptors (Lipinski definition) is 1. The van der Waals surface area contributed by atoms with Crippen LogP contribution in [0.4, 0.5) is 0 Å². The molecule has 77 valence electrons. The van der Waals surface area contributed by atoms with Crippen LogP contribution in [-0.4, -0.2) is 5.71 Å². The van der Waals surface area contributed by atoms with Crippen LogP contribution < -0.4 is 0 Å². The molecule has 0 atom stereocenters. The van der Waals surface area contributed by atoms with E-state index in [0.29, 0.717) is 0 Å². The number of nitrogens with zero attached hydrogens (tertiary/aromatic N) is 1. The summed E-state index contributed by atoms with van der Waals surface area (Å²) in [6.45, 7) is 12.5. The van der Waals surface area contributed by atoms with Gasteiger partial charge in [0, 0.05) is 10.8 Å². The first kappa shape index (κ1) is 12.5. The van der Waals surface area contributed by atoms with Gasteiger partial charge in [-0.1, -0.05) is 41.5 Å². The van der Waals surface area contributed by atoms with Gasteiger partial charge in [-0.3, -0.25) is 0 Å². The Labute approximate surface area is 82.0 Å². The minimum absolute atomic E-state index is 0.0682. The Hall–Kier alpha value is -0.530. The van der Waals surface area contributed by atoms with Crippen molar-refractivity contribution < 1.29 is 5.21 Å². The number of rotatable bonds is 4. The summed E-state index contributed by atoms with van der Waals surface area (Å²) in [7, 11) is 0. The van der Waals surface area contributed by atoms with Gasteiger partial charge in [0.25, 0.3) is 0 Å². The zero-order valence-electron chi connectivity index (χ0n) is 9.77. The molecule has 0 bridgehead atoms. The lowest BCUT2D eigenvalue weighted by Gasteiger charge is -2.34. The predicted molar refractivity (Wildman–Crippen MR) is 56.3 cm³/mol. The molecule has 0 N–H and O–H groups in total. The highest BCUT2D eigenvalue weighted by atomic mass is 16.4. The van der Waals surface area contributed by atoms with Gasteiger partial charge in [-0.15, -0.1) is 5.21 Å². The summed E-state index contributed by atoms with van der Waals surface area (Å²) in [6.07, 6.45) is 1.91. The fourth-order valence-electron chi connectivity index (χ4n) is 1.50. The Morgan fingerprint density at radius 2 is 1.31 bits per heavy atom. The van der Waals surface area contributed by atoms with Crippen LogP contribution >= 0.6 is 0 Å². The van der Waals surface area contributed by atoms with E-state index in [1.165, 1.54) is 0 Å². The molecule has 0 aromatic rings. The minimum Gasteiger partial charge on any atom is -0.145 e. The van der Waals surface area contributed by atoms with Crippen LogP contribution in [0.15, 0.2) is 5.16 Å². The smallest absolute Gasteiger partial charge is 0.0735 e. The van der Waals surface area contributed by atoms with E-state index in [1.54, 1.807) is 0 Å². The van der Waals surface area contributed by atoms with Gasteiger partial charge in [0.15, 0.2) is 0 Å². The van der Waals surface area contributed by atoms with Gasteiger partial charge >= 0.3 is 0 Å². The van der Waals surface area contributed by atoms with Crippen LogP contribution in [0.2, 0.25) is 0 Å². The third kappa shape index (κ3) is 2.71. The average molecular weight is 184 g/mol. The van der Waals surface area contributed by atoms with Crippen molar-refractivity contribution in [3.63, 3.8) is 0 Å². The van der Waals surface area contributed by atoms with Crippen molar-refractivity contribution in [1.82, 2.24) is 0 Å². The molecule has 13 heavy (non-hydrogen) atoms. The molecule has 0 saturated heterocycles. The third-order valence-electron chi connectivity index (χ3n) is 3.14. The molecule has 0 aliphatic carbocycles. The van der Waals surface area contributed by atoms with Crippen molar-refractivity contribution in [2.45, 2.75) is 54.4 Å². The molecule has 0 aliphatic rings. The highest BCUT2D eigenvalue weighted by Gasteiger charge is 2.35. The average Bonchev–Trinajstić information content (AvgIpc) is 2.05. The van der Waals surface area contributed by atoms with Crippen LogP contribution in [0.3, 0.4) is 0 Å². The molecule has 0 saturated carbocycles. The summed E-state index contributed by atoms with van der Waals surface area (Å²) >= 11 is 0. The maximum atomic E-state index is 10.8. The minimum atomic E-state index is -0.0682. The van der Waals surface area contributed by atoms with E-state index in [9.17, 15) is 5.21 Å². The molecule has 0 unspecified atom stereocenters. The van der Waals surface area contributed by atoms with Gasteiger partial charge < -0.3 is 0 Å². The standard InChI is InChI=1S/C11H22NO/c1-7-10(3,4)9(12-13)11(5,6)8-2/h7-8H2,1-6H3. The zero-order valence-corrected chi connectivity index (χ0v) is 9.77. The summed E-state index contributed by atoms with van der Waals surface area (Å²) in [5.74, 6) is 0. The fraction of sp³-hybridized carbons (Fsp3) is 0.909. The monoisotopic (exact) mass is 184 g/mol. The van der Waals surface area contributed by atoms with Crippen molar-refractivity contribution in [2.24, 2.45) is 16.0 Å². The lowest BCUT2D eigenvalue weighted by molar-refractivity contribution is 0.194. The predicted octanol–water partition coefficient (Wildman–Crippen LogP) is 3.65. The summed E-state index contributed by atoms with van der Waals surface area (Å²) < 4.78 is 0. The first-order valence-corrected chi connectivity index (χ1v) is 5.03. The Kier molecular flexibility index (Phi) is 3.95. The third-order valence-corrected chi connectivity index (χ3v) is 3.14. The SMILES string of the molecule is CCC(C)(C)C(=N[O])C(C)(C)CC. The fourth-order valence-corrected chi connectivity index (χ4v) is 1.50. The van der Waals surface area contributed by atoms with Crippen molar-refractivity contribution >= 4 is 5.71 Å². The highest BCUT2D eigenvalue weighted by molar-refractivity contribution is 5.93. The Bertz CT molecular complexity index is 174. The van der Waals surface area contributed by atoms with Gasteiger partial charge in [0.1, 0.15) is 0 Å². The molecule has 0 amide bonds. The summed E-state index contributed by atoms with van der Waals surface area (Å²) in [6, 6.07) is 0. The van der Waals surface area contributed by atoms with Gasteiger partial charge in [-0.25, -0.2) is 0 Å². The van der Waals surface area contributed by atoms with Crippen molar-refractivity contribution in [1.29, 1.82) is 0 Å². The Balaban J connectivity index is 4.94. The molecule has 0 spiro atoms. The molecule has 2 nitrogen and oxygen atoms in total. The first-order valence-electron chi connectivity index (χ1n) is 5.03. The second-order valence-electron chi connectivity index (χ2n) is 4.91. The molecular formula is C11H22NO. The van der Waals surface area contributed by atoms with Crippen molar-refractivity contribution in [2.75, 3.05) is 0 Å². The van der Waals surface area contributed by atoms with E-state index in [4.69, 9.17) is 0 Å². The molecule has 0 fully saturated rings. The molecule has 2 heteroatoms. The molecule has 0 aromatic heterocycles. The first-order chi connectivity index (χ1) is 5.81. The van der Waals surface area contributed by atoms with E-state index in [0.717, 1.165) is 18.6 Å². The van der Waals surface area contributed by atoms with Crippen molar-refractivity contribution in [3.05, 3.63) is 0 Å². The van der Waals surface area contributed by atoms with Gasteiger partial charge in [0.05, 0.1) is 5.71 Å². The van der Waals surface area contributed by atoms with E-state index >= 15 is 0 Å². The van der Waals surface area contributed by atoms with Crippen LogP contribution in [0.5, 0.6) is 0 Å². The van der Waals surface area contributed by atoms with Crippen molar-refractivity contribution in [3.8, 4) is 0 Å². The molecule has 0 heterocycles.